The van der Waals surface area contributed by atoms with Gasteiger partial charge in [0.25, 0.3) is 0 Å². The second kappa shape index (κ2) is 11.3. The van der Waals surface area contributed by atoms with Gasteiger partial charge in [-0.15, -0.1) is 0 Å². The molecule has 0 radical (unpaired) electrons. The molecule has 0 fully saturated rings. The van der Waals surface area contributed by atoms with E-state index in [4.69, 9.17) is 19.2 Å². The summed E-state index contributed by atoms with van der Waals surface area (Å²) in [5.74, 6) is 3.12. The van der Waals surface area contributed by atoms with Crippen LogP contribution in [0.25, 0.3) is 0 Å². The molecule has 2 aromatic carbocycles. The Balaban J connectivity index is 1.64. The van der Waals surface area contributed by atoms with E-state index in [9.17, 15) is 0 Å². The molecule has 0 unspecified atom stereocenters. The van der Waals surface area contributed by atoms with Crippen molar-refractivity contribution in [2.24, 2.45) is 4.99 Å². The molecule has 0 saturated heterocycles. The van der Waals surface area contributed by atoms with Crippen LogP contribution in [0.4, 0.5) is 5.69 Å². The summed E-state index contributed by atoms with van der Waals surface area (Å²) in [5, 5.41) is 6.63. The van der Waals surface area contributed by atoms with E-state index < -0.39 is 0 Å². The Bertz CT molecular complexity index is 839. The first kappa shape index (κ1) is 21.8. The van der Waals surface area contributed by atoms with Crippen LogP contribution in [-0.2, 0) is 6.54 Å². The predicted octanol–water partition coefficient (Wildman–Crippen LogP) is 3.37. The largest absolute Gasteiger partial charge is 0.492 e. The first-order chi connectivity index (χ1) is 14.6. The van der Waals surface area contributed by atoms with Crippen molar-refractivity contribution in [3.05, 3.63) is 48.0 Å². The summed E-state index contributed by atoms with van der Waals surface area (Å²) in [6.45, 7) is 6.25. The zero-order chi connectivity index (χ0) is 21.2. The normalized spacial score (nSPS) is 13.7. The molecule has 7 nitrogen and oxygen atoms in total. The lowest BCUT2D eigenvalue weighted by atomic mass is 10.2. The van der Waals surface area contributed by atoms with Gasteiger partial charge in [0.05, 0.1) is 19.8 Å². The van der Waals surface area contributed by atoms with Crippen LogP contribution >= 0.6 is 0 Å². The third kappa shape index (κ3) is 6.84. The molecule has 0 saturated carbocycles. The van der Waals surface area contributed by atoms with E-state index in [2.05, 4.69) is 21.6 Å². The van der Waals surface area contributed by atoms with E-state index in [-0.39, 0.29) is 0 Å². The van der Waals surface area contributed by atoms with Crippen LogP contribution < -0.4 is 24.8 Å². The van der Waals surface area contributed by atoms with Gasteiger partial charge in [-0.25, -0.2) is 4.99 Å². The predicted molar refractivity (Wildman–Crippen MR) is 121 cm³/mol. The number of hydrogen-bond acceptors (Lipinski definition) is 5. The minimum atomic E-state index is 0.546. The molecule has 30 heavy (non-hydrogen) atoms. The van der Waals surface area contributed by atoms with Crippen molar-refractivity contribution in [3.63, 3.8) is 0 Å². The van der Waals surface area contributed by atoms with Crippen LogP contribution in [0, 0.1) is 0 Å². The van der Waals surface area contributed by atoms with E-state index in [1.54, 1.807) is 0 Å². The van der Waals surface area contributed by atoms with Crippen LogP contribution in [0.1, 0.15) is 18.9 Å². The van der Waals surface area contributed by atoms with E-state index in [0.717, 1.165) is 48.0 Å². The molecular formula is C23H32N4O3. The quantitative estimate of drug-likeness (QED) is 0.512. The van der Waals surface area contributed by atoms with Gasteiger partial charge in [0.2, 0.25) is 0 Å². The van der Waals surface area contributed by atoms with Gasteiger partial charge in [0.1, 0.15) is 12.4 Å². The van der Waals surface area contributed by atoms with Crippen molar-refractivity contribution < 1.29 is 14.2 Å². The molecule has 0 amide bonds. The number of hydrogen-bond donors (Lipinski definition) is 2. The van der Waals surface area contributed by atoms with Crippen LogP contribution in [-0.4, -0.2) is 57.9 Å². The highest BCUT2D eigenvalue weighted by Crippen LogP contribution is 2.32. The fourth-order valence-electron chi connectivity index (χ4n) is 2.93. The van der Waals surface area contributed by atoms with Gasteiger partial charge in [-0.1, -0.05) is 12.1 Å². The molecule has 0 atom stereocenters. The van der Waals surface area contributed by atoms with Gasteiger partial charge in [-0.2, -0.15) is 0 Å². The summed E-state index contributed by atoms with van der Waals surface area (Å²) in [4.78, 5) is 6.82. The first-order valence-electron chi connectivity index (χ1n) is 10.5. The molecule has 0 aliphatic carbocycles. The third-order valence-electron chi connectivity index (χ3n) is 4.48. The Hall–Kier alpha value is -2.93. The molecule has 3 rings (SSSR count). The zero-order valence-corrected chi connectivity index (χ0v) is 18.1. The molecule has 7 heteroatoms. The number of guanidine groups is 1. The zero-order valence-electron chi connectivity index (χ0n) is 18.1. The van der Waals surface area contributed by atoms with E-state index in [0.29, 0.717) is 32.3 Å². The number of aliphatic imine (C=N–C) groups is 1. The lowest BCUT2D eigenvalue weighted by Gasteiger charge is -2.14. The molecule has 1 heterocycles. The van der Waals surface area contributed by atoms with Crippen molar-refractivity contribution in [1.29, 1.82) is 0 Å². The lowest BCUT2D eigenvalue weighted by Crippen LogP contribution is -2.30. The SMILES string of the molecule is CCNC(=NCc1cccc(OCCN(C)C)c1)Nc1ccc2c(c1)OCCCO2. The van der Waals surface area contributed by atoms with Crippen LogP contribution in [0.5, 0.6) is 17.2 Å². The molecule has 162 valence electrons. The fourth-order valence-corrected chi connectivity index (χ4v) is 2.93. The van der Waals surface area contributed by atoms with Crippen molar-refractivity contribution in [3.8, 4) is 17.2 Å². The number of ether oxygens (including phenoxy) is 3. The standard InChI is InChI=1S/C23H32N4O3/c1-4-24-23(26-19-9-10-21-22(16-19)30-13-6-12-29-21)25-17-18-7-5-8-20(15-18)28-14-11-27(2)3/h5,7-10,15-16H,4,6,11-14,17H2,1-3H3,(H2,24,25,26). The lowest BCUT2D eigenvalue weighted by molar-refractivity contribution is 0.261. The molecule has 1 aliphatic rings. The highest BCUT2D eigenvalue weighted by atomic mass is 16.5. The Kier molecular flexibility index (Phi) is 8.20. The van der Waals surface area contributed by atoms with Crippen molar-refractivity contribution in [1.82, 2.24) is 10.2 Å². The van der Waals surface area contributed by atoms with Crippen molar-refractivity contribution >= 4 is 11.6 Å². The number of benzene rings is 2. The summed E-state index contributed by atoms with van der Waals surface area (Å²) in [6, 6.07) is 13.9. The van der Waals surface area contributed by atoms with Gasteiger partial charge >= 0.3 is 0 Å². The monoisotopic (exact) mass is 412 g/mol. The number of rotatable bonds is 8. The maximum absolute atomic E-state index is 5.82. The summed E-state index contributed by atoms with van der Waals surface area (Å²) in [6.07, 6.45) is 0.888. The smallest absolute Gasteiger partial charge is 0.196 e. The summed E-state index contributed by atoms with van der Waals surface area (Å²) in [7, 11) is 4.07. The Morgan fingerprint density at radius 2 is 1.93 bits per heavy atom. The van der Waals surface area contributed by atoms with E-state index >= 15 is 0 Å². The highest BCUT2D eigenvalue weighted by Gasteiger charge is 2.11. The Morgan fingerprint density at radius 1 is 1.10 bits per heavy atom. The number of likely N-dealkylation sites (N-methyl/N-ethyl adjacent to an activating group) is 1. The van der Waals surface area contributed by atoms with E-state index in [1.165, 1.54) is 0 Å². The minimum absolute atomic E-state index is 0.546. The Labute approximate surface area is 179 Å². The third-order valence-corrected chi connectivity index (χ3v) is 4.48. The number of anilines is 1. The number of nitrogens with one attached hydrogen (secondary N) is 2. The summed E-state index contributed by atoms with van der Waals surface area (Å²) < 4.78 is 17.3. The highest BCUT2D eigenvalue weighted by molar-refractivity contribution is 5.93. The number of fused-ring (bicyclic) bond motifs is 1. The topological polar surface area (TPSA) is 67.4 Å². The van der Waals surface area contributed by atoms with Crippen LogP contribution in [0.3, 0.4) is 0 Å². The van der Waals surface area contributed by atoms with Crippen molar-refractivity contribution in [2.75, 3.05) is 52.3 Å². The van der Waals surface area contributed by atoms with Crippen LogP contribution in [0.2, 0.25) is 0 Å². The summed E-state index contributed by atoms with van der Waals surface area (Å²) >= 11 is 0. The number of nitrogens with zero attached hydrogens (tertiary/aromatic N) is 2. The molecular weight excluding hydrogens is 380 g/mol. The minimum Gasteiger partial charge on any atom is -0.492 e. The Morgan fingerprint density at radius 3 is 2.73 bits per heavy atom. The first-order valence-corrected chi connectivity index (χ1v) is 10.5. The average molecular weight is 413 g/mol. The maximum Gasteiger partial charge on any atom is 0.196 e. The molecule has 2 aromatic rings. The van der Waals surface area contributed by atoms with Gasteiger partial charge < -0.3 is 29.7 Å². The second-order valence-electron chi connectivity index (χ2n) is 7.33. The summed E-state index contributed by atoms with van der Waals surface area (Å²) in [5.41, 5.74) is 1.99. The van der Waals surface area contributed by atoms with Gasteiger partial charge in [0, 0.05) is 31.3 Å². The fraction of sp³-hybridized carbons (Fsp3) is 0.435. The molecule has 0 aromatic heterocycles. The molecule has 1 aliphatic heterocycles. The molecule has 0 bridgehead atoms. The van der Waals surface area contributed by atoms with Gasteiger partial charge in [-0.05, 0) is 50.8 Å². The molecule has 2 N–H and O–H groups in total. The second-order valence-corrected chi connectivity index (χ2v) is 7.33. The average Bonchev–Trinajstić information content (AvgIpc) is 2.97. The van der Waals surface area contributed by atoms with Gasteiger partial charge in [-0.3, -0.25) is 0 Å². The maximum atomic E-state index is 5.82. The molecule has 0 spiro atoms. The van der Waals surface area contributed by atoms with Crippen LogP contribution in [0.15, 0.2) is 47.5 Å². The van der Waals surface area contributed by atoms with Crippen molar-refractivity contribution in [2.45, 2.75) is 19.9 Å². The van der Waals surface area contributed by atoms with E-state index in [1.807, 2.05) is 57.4 Å². The van der Waals surface area contributed by atoms with Gasteiger partial charge in [0.15, 0.2) is 17.5 Å².